The lowest BCUT2D eigenvalue weighted by molar-refractivity contribution is 0.00558. The predicted octanol–water partition coefficient (Wildman–Crippen LogP) is 3.82. The summed E-state index contributed by atoms with van der Waals surface area (Å²) in [7, 11) is -2.18. The van der Waals surface area contributed by atoms with Crippen LogP contribution in [0.25, 0.3) is 22.4 Å². The Bertz CT molecular complexity index is 1530. The first kappa shape index (κ1) is 25.4. The molecule has 3 aliphatic heterocycles. The number of hydrogen-bond acceptors (Lipinski definition) is 9. The van der Waals surface area contributed by atoms with Crippen LogP contribution in [0.5, 0.6) is 0 Å². The van der Waals surface area contributed by atoms with Crippen LogP contribution in [0.3, 0.4) is 0 Å². The molecule has 0 unspecified atom stereocenters. The molecule has 198 valence electrons. The summed E-state index contributed by atoms with van der Waals surface area (Å²) in [4.78, 5) is 13.7. The lowest BCUT2D eigenvalue weighted by Crippen LogP contribution is -2.34. The van der Waals surface area contributed by atoms with Crippen LogP contribution in [-0.2, 0) is 36.9 Å². The first-order chi connectivity index (χ1) is 18.2. The molecule has 0 bridgehead atoms. The van der Waals surface area contributed by atoms with E-state index in [1.165, 1.54) is 0 Å². The number of fused-ring (bicyclic) bond motifs is 2. The number of aromatic nitrogens is 2. The Kier molecular flexibility index (Phi) is 6.69. The van der Waals surface area contributed by atoms with E-state index in [1.807, 2.05) is 42.5 Å². The summed E-state index contributed by atoms with van der Waals surface area (Å²) >= 11 is 6.62. The van der Waals surface area contributed by atoms with Gasteiger partial charge in [0.05, 0.1) is 54.0 Å². The Morgan fingerprint density at radius 2 is 1.84 bits per heavy atom. The van der Waals surface area contributed by atoms with E-state index in [-0.39, 0.29) is 24.9 Å². The van der Waals surface area contributed by atoms with Crippen molar-refractivity contribution in [2.45, 2.75) is 37.4 Å². The molecule has 3 aliphatic rings. The van der Waals surface area contributed by atoms with E-state index in [2.05, 4.69) is 14.3 Å². The third-order valence-corrected chi connectivity index (χ3v) is 7.75. The predicted molar refractivity (Wildman–Crippen MR) is 145 cm³/mol. The van der Waals surface area contributed by atoms with E-state index in [0.717, 1.165) is 28.1 Å². The van der Waals surface area contributed by atoms with Gasteiger partial charge >= 0.3 is 0 Å². The number of aliphatic hydroxyl groups is 1. The molecule has 6 rings (SSSR count). The SMILES string of the molecule is CS(C)(=O)=NCc1cc(-c2ccc(-c3nc4c(cc3Cl)N=C(O[C@@H]3CO[C@H]5[C@@H]3OC[C@H]5O)C4)cc2)ccn1. The average molecular weight is 555 g/mol. The molecule has 9 nitrogen and oxygen atoms in total. The average Bonchev–Trinajstić information content (AvgIpc) is 3.59. The molecule has 0 spiro atoms. The van der Waals surface area contributed by atoms with Gasteiger partial charge in [0.15, 0.2) is 12.0 Å². The van der Waals surface area contributed by atoms with Crippen LogP contribution in [0.15, 0.2) is 58.0 Å². The van der Waals surface area contributed by atoms with E-state index in [0.29, 0.717) is 41.9 Å². The van der Waals surface area contributed by atoms with Crippen molar-refractivity contribution in [3.8, 4) is 22.4 Å². The summed E-state index contributed by atoms with van der Waals surface area (Å²) in [6, 6.07) is 13.7. The first-order valence-electron chi connectivity index (χ1n) is 12.3. The Labute approximate surface area is 226 Å². The normalized spacial score (nSPS) is 24.2. The maximum Gasteiger partial charge on any atom is 0.195 e. The molecule has 2 fully saturated rings. The molecule has 2 saturated heterocycles. The monoisotopic (exact) mass is 554 g/mol. The van der Waals surface area contributed by atoms with E-state index in [4.69, 9.17) is 30.8 Å². The second-order valence-corrected chi connectivity index (χ2v) is 12.9. The molecule has 2 aromatic heterocycles. The molecule has 11 heteroatoms. The number of nitrogens with zero attached hydrogens (tertiary/aromatic N) is 4. The van der Waals surface area contributed by atoms with Gasteiger partial charge in [0.1, 0.15) is 18.3 Å². The number of aliphatic imine (C=N–C) groups is 1. The molecule has 1 N–H and O–H groups in total. The summed E-state index contributed by atoms with van der Waals surface area (Å²) < 4.78 is 33.5. The Morgan fingerprint density at radius 1 is 1.08 bits per heavy atom. The highest BCUT2D eigenvalue weighted by atomic mass is 35.5. The van der Waals surface area contributed by atoms with Crippen molar-refractivity contribution in [2.75, 3.05) is 25.7 Å². The van der Waals surface area contributed by atoms with E-state index < -0.39 is 15.8 Å². The van der Waals surface area contributed by atoms with Gasteiger partial charge in [-0.2, -0.15) is 0 Å². The maximum atomic E-state index is 11.9. The summed E-state index contributed by atoms with van der Waals surface area (Å²) in [5, 5.41) is 10.5. The van der Waals surface area contributed by atoms with E-state index in [1.54, 1.807) is 18.7 Å². The molecule has 0 amide bonds. The topological polar surface area (TPSA) is 115 Å². The number of benzene rings is 1. The van der Waals surface area contributed by atoms with Crippen LogP contribution in [0.4, 0.5) is 5.69 Å². The number of aliphatic hydroxyl groups excluding tert-OH is 1. The molecule has 4 atom stereocenters. The zero-order valence-corrected chi connectivity index (χ0v) is 22.5. The molecule has 0 saturated carbocycles. The summed E-state index contributed by atoms with van der Waals surface area (Å²) in [6.45, 7) is 0.906. The van der Waals surface area contributed by atoms with Crippen molar-refractivity contribution in [1.82, 2.24) is 9.97 Å². The molecule has 0 radical (unpaired) electrons. The van der Waals surface area contributed by atoms with Crippen LogP contribution in [0, 0.1) is 0 Å². The lowest BCUT2D eigenvalue weighted by atomic mass is 10.0. The second kappa shape index (κ2) is 10.0. The molecular formula is C27H27ClN4O5S. The largest absolute Gasteiger partial charge is 0.472 e. The standard InChI is InChI=1S/C27H27ClN4O5S/c1-38(2,34)30-12-18-9-17(7-8-29-18)15-3-5-16(6-4-15)25-19(28)10-20-21(32-25)11-24(31-20)37-23-14-36-26-22(33)13-35-27(23)26/h3-10,22-23,26-27,33H,11-14H2,1-2H3/t22-,23-,26-,27-/m1/s1. The van der Waals surface area contributed by atoms with Gasteiger partial charge in [-0.25, -0.2) is 14.3 Å². The lowest BCUT2D eigenvalue weighted by Gasteiger charge is -2.17. The highest BCUT2D eigenvalue weighted by Crippen LogP contribution is 2.37. The highest BCUT2D eigenvalue weighted by molar-refractivity contribution is 7.92. The summed E-state index contributed by atoms with van der Waals surface area (Å²) in [5.74, 6) is 0.539. The van der Waals surface area contributed by atoms with Gasteiger partial charge < -0.3 is 19.3 Å². The number of halogens is 1. The van der Waals surface area contributed by atoms with Crippen molar-refractivity contribution in [3.63, 3.8) is 0 Å². The van der Waals surface area contributed by atoms with Crippen LogP contribution in [-0.4, -0.2) is 75.3 Å². The zero-order chi connectivity index (χ0) is 26.4. The Hall–Kier alpha value is -2.89. The molecular weight excluding hydrogens is 528 g/mol. The molecule has 0 aliphatic carbocycles. The smallest absolute Gasteiger partial charge is 0.195 e. The van der Waals surface area contributed by atoms with Crippen LogP contribution < -0.4 is 0 Å². The third kappa shape index (κ3) is 5.19. The minimum atomic E-state index is -2.18. The van der Waals surface area contributed by atoms with Gasteiger partial charge in [-0.05, 0) is 29.3 Å². The van der Waals surface area contributed by atoms with Gasteiger partial charge in [-0.1, -0.05) is 35.9 Å². The van der Waals surface area contributed by atoms with E-state index >= 15 is 0 Å². The molecule has 3 aromatic rings. The maximum absolute atomic E-state index is 11.9. The summed E-state index contributed by atoms with van der Waals surface area (Å²) in [6.07, 6.45) is 3.81. The highest BCUT2D eigenvalue weighted by Gasteiger charge is 2.49. The number of ether oxygens (including phenoxy) is 3. The van der Waals surface area contributed by atoms with Crippen molar-refractivity contribution in [3.05, 3.63) is 65.1 Å². The minimum absolute atomic E-state index is 0.250. The second-order valence-electron chi connectivity index (χ2n) is 9.87. The summed E-state index contributed by atoms with van der Waals surface area (Å²) in [5.41, 5.74) is 5.81. The Morgan fingerprint density at radius 3 is 2.63 bits per heavy atom. The molecule has 5 heterocycles. The number of hydrogen-bond donors (Lipinski definition) is 1. The third-order valence-electron chi connectivity index (χ3n) is 6.71. The Balaban J connectivity index is 1.17. The first-order valence-corrected chi connectivity index (χ1v) is 15.0. The van der Waals surface area contributed by atoms with Crippen molar-refractivity contribution in [2.24, 2.45) is 9.36 Å². The number of pyridine rings is 2. The number of rotatable bonds is 5. The van der Waals surface area contributed by atoms with Gasteiger partial charge in [-0.15, -0.1) is 0 Å². The quantitative estimate of drug-likeness (QED) is 0.509. The van der Waals surface area contributed by atoms with Crippen molar-refractivity contribution < 1.29 is 23.5 Å². The van der Waals surface area contributed by atoms with E-state index in [9.17, 15) is 9.32 Å². The van der Waals surface area contributed by atoms with Crippen LogP contribution in [0.1, 0.15) is 11.4 Å². The van der Waals surface area contributed by atoms with Crippen molar-refractivity contribution in [1.29, 1.82) is 0 Å². The van der Waals surface area contributed by atoms with Crippen molar-refractivity contribution >= 4 is 32.9 Å². The van der Waals surface area contributed by atoms with Crippen LogP contribution in [0.2, 0.25) is 5.02 Å². The fraction of sp³-hybridized carbons (Fsp3) is 0.370. The minimum Gasteiger partial charge on any atom is -0.472 e. The fourth-order valence-electron chi connectivity index (χ4n) is 4.84. The van der Waals surface area contributed by atoms with Gasteiger partial charge in [0, 0.05) is 34.0 Å². The van der Waals surface area contributed by atoms with Crippen LogP contribution >= 0.6 is 11.6 Å². The molecule has 38 heavy (non-hydrogen) atoms. The molecule has 1 aromatic carbocycles. The fourth-order valence-corrected chi connectivity index (χ4v) is 5.54. The van der Waals surface area contributed by atoms with Gasteiger partial charge in [0.25, 0.3) is 0 Å². The van der Waals surface area contributed by atoms with Gasteiger partial charge in [0.2, 0.25) is 0 Å². The zero-order valence-electron chi connectivity index (χ0n) is 20.9. The van der Waals surface area contributed by atoms with Gasteiger partial charge in [-0.3, -0.25) is 9.19 Å².